The molecule has 0 bridgehead atoms. The number of alkyl halides is 3. The van der Waals surface area contributed by atoms with Crippen LogP contribution in [0.1, 0.15) is 5.56 Å². The molecule has 3 heterocycles. The van der Waals surface area contributed by atoms with Crippen molar-refractivity contribution in [2.75, 3.05) is 9.80 Å². The number of halogens is 5. The van der Waals surface area contributed by atoms with E-state index in [4.69, 9.17) is 34.7 Å². The topological polar surface area (TPSA) is 83.8 Å². The van der Waals surface area contributed by atoms with Crippen molar-refractivity contribution in [2.24, 2.45) is 16.5 Å². The number of hydrogen-bond donors (Lipinski definition) is 2. The van der Waals surface area contributed by atoms with Crippen molar-refractivity contribution in [3.05, 3.63) is 62.9 Å². The van der Waals surface area contributed by atoms with E-state index in [9.17, 15) is 13.2 Å². The molecule has 2 aliphatic heterocycles. The van der Waals surface area contributed by atoms with Gasteiger partial charge in [-0.15, -0.1) is 0 Å². The van der Waals surface area contributed by atoms with Gasteiger partial charge in [0.2, 0.25) is 0 Å². The molecule has 0 fully saturated rings. The minimum atomic E-state index is -4.48. The highest BCUT2D eigenvalue weighted by Gasteiger charge is 2.41. The lowest BCUT2D eigenvalue weighted by atomic mass is 10.2. The molecule has 2 aliphatic rings. The third-order valence-corrected chi connectivity index (χ3v) is 5.96. The summed E-state index contributed by atoms with van der Waals surface area (Å²) >= 11 is 14.0. The molecule has 4 rings (SSSR count). The molecular formula is C17H13Cl2F3N6S. The lowest BCUT2D eigenvalue weighted by Gasteiger charge is -2.35. The van der Waals surface area contributed by atoms with E-state index in [-0.39, 0.29) is 5.82 Å². The summed E-state index contributed by atoms with van der Waals surface area (Å²) in [7, 11) is 0. The zero-order chi connectivity index (χ0) is 20.9. The highest BCUT2D eigenvalue weighted by molar-refractivity contribution is 8.04. The monoisotopic (exact) mass is 460 g/mol. The van der Waals surface area contributed by atoms with Crippen molar-refractivity contribution in [3.8, 4) is 0 Å². The first-order valence-corrected chi connectivity index (χ1v) is 9.83. The Labute approximate surface area is 178 Å². The Bertz CT molecular complexity index is 991. The van der Waals surface area contributed by atoms with Crippen LogP contribution in [0.25, 0.3) is 0 Å². The second kappa shape index (κ2) is 7.37. The van der Waals surface area contributed by atoms with Gasteiger partial charge in [-0.25, -0.2) is 9.98 Å². The van der Waals surface area contributed by atoms with E-state index in [2.05, 4.69) is 9.98 Å². The second-order valence-electron chi connectivity index (χ2n) is 6.14. The zero-order valence-electron chi connectivity index (χ0n) is 14.4. The maximum absolute atomic E-state index is 12.8. The molecule has 29 heavy (non-hydrogen) atoms. The molecule has 0 radical (unpaired) electrons. The number of para-hydroxylation sites is 1. The Hall–Kier alpha value is -1.98. The number of anilines is 2. The molecule has 6 nitrogen and oxygen atoms in total. The number of aromatic nitrogens is 1. The van der Waals surface area contributed by atoms with Crippen LogP contribution < -0.4 is 21.3 Å². The number of pyridine rings is 1. The summed E-state index contributed by atoms with van der Waals surface area (Å²) in [6.07, 6.45) is -3.14. The van der Waals surface area contributed by atoms with Gasteiger partial charge in [0.1, 0.15) is 22.5 Å². The van der Waals surface area contributed by atoms with Gasteiger partial charge >= 0.3 is 6.18 Å². The average Bonchev–Trinajstić information content (AvgIpc) is 2.98. The van der Waals surface area contributed by atoms with Crippen LogP contribution >= 0.6 is 35.0 Å². The minimum Gasteiger partial charge on any atom is -0.311 e. The Morgan fingerprint density at radius 2 is 1.76 bits per heavy atom. The number of thioether (sulfide) groups is 1. The van der Waals surface area contributed by atoms with Crippen molar-refractivity contribution < 1.29 is 13.2 Å². The summed E-state index contributed by atoms with van der Waals surface area (Å²) < 4.78 is 38.4. The highest BCUT2D eigenvalue weighted by atomic mass is 35.5. The van der Waals surface area contributed by atoms with E-state index >= 15 is 0 Å². The molecule has 2 unspecified atom stereocenters. The van der Waals surface area contributed by atoms with Crippen LogP contribution in [0.4, 0.5) is 24.7 Å². The van der Waals surface area contributed by atoms with Crippen LogP contribution in [0.5, 0.6) is 0 Å². The van der Waals surface area contributed by atoms with Crippen LogP contribution in [0, 0.1) is 0 Å². The number of nitrogens with zero attached hydrogens (tertiary/aromatic N) is 4. The van der Waals surface area contributed by atoms with Crippen molar-refractivity contribution in [3.63, 3.8) is 0 Å². The Morgan fingerprint density at radius 3 is 2.34 bits per heavy atom. The van der Waals surface area contributed by atoms with Crippen molar-refractivity contribution >= 4 is 52.8 Å². The molecule has 0 aliphatic carbocycles. The van der Waals surface area contributed by atoms with Crippen LogP contribution in [-0.4, -0.2) is 23.0 Å². The Kier molecular flexibility index (Phi) is 5.16. The molecule has 2 aromatic rings. The van der Waals surface area contributed by atoms with E-state index in [0.717, 1.165) is 12.3 Å². The fourth-order valence-electron chi connectivity index (χ4n) is 3.03. The minimum absolute atomic E-state index is 0.205. The summed E-state index contributed by atoms with van der Waals surface area (Å²) in [5, 5.41) is 1.33. The maximum atomic E-state index is 12.8. The maximum Gasteiger partial charge on any atom is 0.417 e. The molecule has 0 spiro atoms. The summed E-state index contributed by atoms with van der Waals surface area (Å²) in [5.74, 6) is 0.205. The van der Waals surface area contributed by atoms with E-state index in [1.807, 2.05) is 0 Å². The Balaban J connectivity index is 1.71. The molecular weight excluding hydrogens is 448 g/mol. The van der Waals surface area contributed by atoms with Crippen LogP contribution in [-0.2, 0) is 6.18 Å². The molecule has 2 atom stereocenters. The van der Waals surface area contributed by atoms with Gasteiger partial charge in [0, 0.05) is 6.20 Å². The van der Waals surface area contributed by atoms with Gasteiger partial charge in [-0.2, -0.15) is 13.2 Å². The average molecular weight is 461 g/mol. The van der Waals surface area contributed by atoms with E-state index in [1.165, 1.54) is 29.1 Å². The first kappa shape index (κ1) is 20.3. The van der Waals surface area contributed by atoms with Gasteiger partial charge in [0.05, 0.1) is 33.3 Å². The van der Waals surface area contributed by atoms with Gasteiger partial charge < -0.3 is 16.4 Å². The highest BCUT2D eigenvalue weighted by Crippen LogP contribution is 2.47. The van der Waals surface area contributed by atoms with E-state index < -0.39 is 23.4 Å². The lowest BCUT2D eigenvalue weighted by molar-refractivity contribution is -0.137. The van der Waals surface area contributed by atoms with Gasteiger partial charge in [-0.05, 0) is 24.3 Å². The molecule has 1 aromatic heterocycles. The third-order valence-electron chi connectivity index (χ3n) is 4.36. The fourth-order valence-corrected chi connectivity index (χ4v) is 4.61. The smallest absolute Gasteiger partial charge is 0.311 e. The summed E-state index contributed by atoms with van der Waals surface area (Å²) in [4.78, 5) is 11.4. The number of aliphatic imine (C=N–C) groups is 1. The van der Waals surface area contributed by atoms with Gasteiger partial charge in [-0.3, -0.25) is 4.90 Å². The standard InChI is InChI=1S/C17H13Cl2F3N6S/c18-9-2-1-3-10(19)12(9)28-13-14(23)27(7-26-15(13)29-16(28)24)11-5-4-8(6-25-11)17(20,21)22/h1-7,14,16H,23-24H2. The quantitative estimate of drug-likeness (QED) is 0.698. The number of hydrogen-bond acceptors (Lipinski definition) is 7. The molecule has 4 N–H and O–H groups in total. The van der Waals surface area contributed by atoms with Crippen LogP contribution in [0.3, 0.4) is 0 Å². The summed E-state index contributed by atoms with van der Waals surface area (Å²) in [6.45, 7) is 0. The number of nitrogens with two attached hydrogens (primary N) is 2. The largest absolute Gasteiger partial charge is 0.417 e. The third kappa shape index (κ3) is 3.55. The number of benzene rings is 1. The lowest BCUT2D eigenvalue weighted by Crippen LogP contribution is -2.51. The zero-order valence-corrected chi connectivity index (χ0v) is 16.8. The normalized spacial score (nSPS) is 21.8. The number of rotatable bonds is 2. The van der Waals surface area contributed by atoms with E-state index in [1.54, 1.807) is 23.1 Å². The predicted molar refractivity (Wildman–Crippen MR) is 110 cm³/mol. The summed E-state index contributed by atoms with van der Waals surface area (Å²) in [5.41, 5.74) is 12.3. The molecule has 0 amide bonds. The second-order valence-corrected chi connectivity index (χ2v) is 8.06. The van der Waals surface area contributed by atoms with Gasteiger partial charge in [-0.1, -0.05) is 41.0 Å². The fraction of sp³-hybridized carbons (Fsp3) is 0.176. The SMILES string of the molecule is NC1C2=C(N=CN1c1ccc(C(F)(F)F)cn1)SC(N)N2c1c(Cl)cccc1Cl. The molecule has 12 heteroatoms. The van der Waals surface area contributed by atoms with Crippen molar-refractivity contribution in [1.82, 2.24) is 4.98 Å². The Morgan fingerprint density at radius 1 is 1.07 bits per heavy atom. The predicted octanol–water partition coefficient (Wildman–Crippen LogP) is 4.21. The van der Waals surface area contributed by atoms with Crippen molar-refractivity contribution in [1.29, 1.82) is 0 Å². The van der Waals surface area contributed by atoms with Gasteiger partial charge in [0.15, 0.2) is 0 Å². The first-order chi connectivity index (χ1) is 13.7. The molecule has 1 aromatic carbocycles. The molecule has 152 valence electrons. The molecule has 0 saturated heterocycles. The first-order valence-electron chi connectivity index (χ1n) is 8.19. The molecule has 0 saturated carbocycles. The van der Waals surface area contributed by atoms with Crippen LogP contribution in [0.2, 0.25) is 10.0 Å². The van der Waals surface area contributed by atoms with Gasteiger partial charge in [0.25, 0.3) is 0 Å². The van der Waals surface area contributed by atoms with E-state index in [0.29, 0.717) is 26.5 Å². The summed E-state index contributed by atoms with van der Waals surface area (Å²) in [6, 6.07) is 7.21. The van der Waals surface area contributed by atoms with Crippen molar-refractivity contribution in [2.45, 2.75) is 17.8 Å². The van der Waals surface area contributed by atoms with Crippen LogP contribution in [0.15, 0.2) is 52.2 Å².